The molecule has 6 nitrogen and oxygen atoms in total. The standard InChI is InChI=1S/C17H23N5O/c1-4-22-15(8-9-18-22)14-11-12(2)19-17(20-14)16-7-5-6-10-21(16)13(3)23/h8-9,11,16H,4-7,10H2,1-3H3/t16-/m0/s1. The molecule has 0 N–H and O–H groups in total. The van der Waals surface area contributed by atoms with E-state index in [2.05, 4.69) is 17.0 Å². The highest BCUT2D eigenvalue weighted by atomic mass is 16.2. The molecule has 3 rings (SSSR count). The SMILES string of the molecule is CCn1nccc1-c1cc(C)nc([C@@H]2CCCCN2C(C)=O)n1. The molecule has 0 radical (unpaired) electrons. The summed E-state index contributed by atoms with van der Waals surface area (Å²) in [5, 5.41) is 4.32. The number of hydrogen-bond donors (Lipinski definition) is 0. The van der Waals surface area contributed by atoms with Crippen LogP contribution in [0.4, 0.5) is 0 Å². The van der Waals surface area contributed by atoms with Crippen molar-refractivity contribution in [3.8, 4) is 11.4 Å². The molecule has 23 heavy (non-hydrogen) atoms. The van der Waals surface area contributed by atoms with Gasteiger partial charge in [0.15, 0.2) is 5.82 Å². The van der Waals surface area contributed by atoms with Crippen molar-refractivity contribution in [1.82, 2.24) is 24.6 Å². The minimum atomic E-state index is -0.0158. The van der Waals surface area contributed by atoms with Crippen LogP contribution in [-0.2, 0) is 11.3 Å². The van der Waals surface area contributed by atoms with E-state index in [9.17, 15) is 4.79 Å². The molecule has 1 amide bonds. The molecule has 0 spiro atoms. The van der Waals surface area contributed by atoms with E-state index in [1.165, 1.54) is 0 Å². The maximum Gasteiger partial charge on any atom is 0.220 e. The van der Waals surface area contributed by atoms with Crippen molar-refractivity contribution in [1.29, 1.82) is 0 Å². The smallest absolute Gasteiger partial charge is 0.220 e. The Kier molecular flexibility index (Phi) is 4.41. The van der Waals surface area contributed by atoms with E-state index in [4.69, 9.17) is 4.98 Å². The van der Waals surface area contributed by atoms with E-state index in [1.807, 2.05) is 28.6 Å². The average molecular weight is 313 g/mol. The first-order valence-electron chi connectivity index (χ1n) is 8.25. The third-order valence-corrected chi connectivity index (χ3v) is 4.36. The van der Waals surface area contributed by atoms with Crippen molar-refractivity contribution in [2.45, 2.75) is 52.6 Å². The van der Waals surface area contributed by atoms with Crippen LogP contribution in [-0.4, -0.2) is 37.1 Å². The van der Waals surface area contributed by atoms with Crippen molar-refractivity contribution in [2.75, 3.05) is 6.54 Å². The minimum absolute atomic E-state index is 0.0158. The lowest BCUT2D eigenvalue weighted by Gasteiger charge is -2.34. The van der Waals surface area contributed by atoms with Gasteiger partial charge >= 0.3 is 0 Å². The Morgan fingerprint density at radius 2 is 2.17 bits per heavy atom. The van der Waals surface area contributed by atoms with E-state index >= 15 is 0 Å². The van der Waals surface area contributed by atoms with Crippen LogP contribution in [0.3, 0.4) is 0 Å². The molecule has 0 aliphatic carbocycles. The fourth-order valence-electron chi connectivity index (χ4n) is 3.25. The number of carbonyl (C=O) groups excluding carboxylic acids is 1. The molecule has 0 bridgehead atoms. The van der Waals surface area contributed by atoms with Crippen molar-refractivity contribution >= 4 is 5.91 Å². The highest BCUT2D eigenvalue weighted by molar-refractivity contribution is 5.73. The average Bonchev–Trinajstić information content (AvgIpc) is 3.03. The Bertz CT molecular complexity index is 709. The van der Waals surface area contributed by atoms with Gasteiger partial charge in [0.25, 0.3) is 0 Å². The summed E-state index contributed by atoms with van der Waals surface area (Å²) in [6.45, 7) is 7.25. The highest BCUT2D eigenvalue weighted by Gasteiger charge is 2.28. The van der Waals surface area contributed by atoms with Crippen molar-refractivity contribution in [3.05, 3.63) is 29.8 Å². The largest absolute Gasteiger partial charge is 0.333 e. The number of hydrogen-bond acceptors (Lipinski definition) is 4. The first-order valence-corrected chi connectivity index (χ1v) is 8.25. The van der Waals surface area contributed by atoms with Crippen LogP contribution in [0.15, 0.2) is 18.3 Å². The Morgan fingerprint density at radius 1 is 1.35 bits per heavy atom. The Labute approximate surface area is 136 Å². The van der Waals surface area contributed by atoms with Gasteiger partial charge in [-0.05, 0) is 45.2 Å². The third kappa shape index (κ3) is 3.11. The number of nitrogens with zero attached hydrogens (tertiary/aromatic N) is 5. The molecule has 0 aromatic carbocycles. The van der Waals surface area contributed by atoms with Crippen molar-refractivity contribution in [2.24, 2.45) is 0 Å². The summed E-state index contributed by atoms with van der Waals surface area (Å²) < 4.78 is 1.93. The van der Waals surface area contributed by atoms with Gasteiger partial charge in [-0.25, -0.2) is 9.97 Å². The van der Waals surface area contributed by atoms with Crippen molar-refractivity contribution in [3.63, 3.8) is 0 Å². The van der Waals surface area contributed by atoms with E-state index in [-0.39, 0.29) is 11.9 Å². The summed E-state index contributed by atoms with van der Waals surface area (Å²) >= 11 is 0. The first-order chi connectivity index (χ1) is 11.1. The lowest BCUT2D eigenvalue weighted by atomic mass is 10.0. The van der Waals surface area contributed by atoms with Gasteiger partial charge in [0, 0.05) is 31.9 Å². The number of piperidine rings is 1. The quantitative estimate of drug-likeness (QED) is 0.874. The predicted molar refractivity (Wildman–Crippen MR) is 87.6 cm³/mol. The molecule has 6 heteroatoms. The molecule has 1 atom stereocenters. The molecule has 122 valence electrons. The zero-order valence-electron chi connectivity index (χ0n) is 14.0. The normalized spacial score (nSPS) is 18.2. The van der Waals surface area contributed by atoms with Gasteiger partial charge in [-0.1, -0.05) is 0 Å². The zero-order chi connectivity index (χ0) is 16.4. The lowest BCUT2D eigenvalue weighted by molar-refractivity contribution is -0.132. The van der Waals surface area contributed by atoms with E-state index < -0.39 is 0 Å². The molecule has 2 aromatic heterocycles. The molecule has 1 saturated heterocycles. The lowest BCUT2D eigenvalue weighted by Crippen LogP contribution is -2.37. The second kappa shape index (κ2) is 6.48. The van der Waals surface area contributed by atoms with Gasteiger partial charge in [-0.3, -0.25) is 9.48 Å². The summed E-state index contributed by atoms with van der Waals surface area (Å²) in [6.07, 6.45) is 4.87. The van der Waals surface area contributed by atoms with Crippen LogP contribution in [0.1, 0.15) is 50.7 Å². The van der Waals surface area contributed by atoms with Crippen LogP contribution >= 0.6 is 0 Å². The zero-order valence-corrected chi connectivity index (χ0v) is 14.0. The van der Waals surface area contributed by atoms with Gasteiger partial charge in [0.2, 0.25) is 5.91 Å². The Balaban J connectivity index is 2.02. The Hall–Kier alpha value is -2.24. The maximum absolute atomic E-state index is 11.9. The number of likely N-dealkylation sites (tertiary alicyclic amines) is 1. The number of amides is 1. The third-order valence-electron chi connectivity index (χ3n) is 4.36. The van der Waals surface area contributed by atoms with Gasteiger partial charge in [-0.15, -0.1) is 0 Å². The Morgan fingerprint density at radius 3 is 2.91 bits per heavy atom. The fraction of sp³-hybridized carbons (Fsp3) is 0.529. The summed E-state index contributed by atoms with van der Waals surface area (Å²) in [4.78, 5) is 23.2. The van der Waals surface area contributed by atoms with E-state index in [0.29, 0.717) is 0 Å². The van der Waals surface area contributed by atoms with Gasteiger partial charge < -0.3 is 4.90 Å². The molecule has 0 unspecified atom stereocenters. The monoisotopic (exact) mass is 313 g/mol. The topological polar surface area (TPSA) is 63.9 Å². The predicted octanol–water partition coefficient (Wildman–Crippen LogP) is 2.74. The van der Waals surface area contributed by atoms with Crippen LogP contribution in [0, 0.1) is 6.92 Å². The van der Waals surface area contributed by atoms with Crippen LogP contribution < -0.4 is 0 Å². The summed E-state index contributed by atoms with van der Waals surface area (Å²) in [5.41, 5.74) is 2.79. The summed E-state index contributed by atoms with van der Waals surface area (Å²) in [7, 11) is 0. The molecule has 2 aromatic rings. The maximum atomic E-state index is 11.9. The van der Waals surface area contributed by atoms with Gasteiger partial charge in [0.05, 0.1) is 17.4 Å². The van der Waals surface area contributed by atoms with Crippen LogP contribution in [0.25, 0.3) is 11.4 Å². The number of carbonyl (C=O) groups is 1. The number of aryl methyl sites for hydroxylation is 2. The molecule has 1 aliphatic heterocycles. The first kappa shape index (κ1) is 15.6. The second-order valence-corrected chi connectivity index (χ2v) is 6.01. The summed E-state index contributed by atoms with van der Waals surface area (Å²) in [6, 6.07) is 3.93. The molecule has 1 fully saturated rings. The minimum Gasteiger partial charge on any atom is -0.333 e. The van der Waals surface area contributed by atoms with Crippen LogP contribution in [0.5, 0.6) is 0 Å². The van der Waals surface area contributed by atoms with Crippen LogP contribution in [0.2, 0.25) is 0 Å². The summed E-state index contributed by atoms with van der Waals surface area (Å²) in [5.74, 6) is 0.846. The number of aromatic nitrogens is 4. The molecular weight excluding hydrogens is 290 g/mol. The van der Waals surface area contributed by atoms with E-state index in [1.54, 1.807) is 13.1 Å². The van der Waals surface area contributed by atoms with Gasteiger partial charge in [0.1, 0.15) is 0 Å². The molecular formula is C17H23N5O. The second-order valence-electron chi connectivity index (χ2n) is 6.01. The molecule has 1 aliphatic rings. The highest BCUT2D eigenvalue weighted by Crippen LogP contribution is 2.30. The fourth-order valence-corrected chi connectivity index (χ4v) is 3.25. The van der Waals surface area contributed by atoms with Gasteiger partial charge in [-0.2, -0.15) is 5.10 Å². The molecule has 0 saturated carbocycles. The van der Waals surface area contributed by atoms with Crippen molar-refractivity contribution < 1.29 is 4.79 Å². The van der Waals surface area contributed by atoms with E-state index in [0.717, 1.165) is 55.3 Å². The number of rotatable bonds is 3. The molecule has 3 heterocycles.